The van der Waals surface area contributed by atoms with Gasteiger partial charge < -0.3 is 18.6 Å². The number of halogens is 1. The van der Waals surface area contributed by atoms with Crippen LogP contribution in [0.25, 0.3) is 11.0 Å². The number of ether oxygens (including phenoxy) is 3. The normalized spacial score (nSPS) is 11.9. The van der Waals surface area contributed by atoms with Crippen molar-refractivity contribution >= 4 is 28.5 Å². The molecule has 0 aliphatic carbocycles. The highest BCUT2D eigenvalue weighted by molar-refractivity contribution is 6.32. The molecule has 0 aliphatic rings. The predicted molar refractivity (Wildman–Crippen MR) is 119 cm³/mol. The molecule has 164 valence electrons. The molecule has 0 amide bonds. The Labute approximate surface area is 185 Å². The van der Waals surface area contributed by atoms with Gasteiger partial charge in [-0.2, -0.15) is 0 Å². The van der Waals surface area contributed by atoms with Crippen molar-refractivity contribution in [2.45, 2.75) is 46.6 Å². The number of hydrogen-bond acceptors (Lipinski definition) is 6. The lowest BCUT2D eigenvalue weighted by Gasteiger charge is -2.16. The largest absolute Gasteiger partial charge is 0.479 e. The van der Waals surface area contributed by atoms with Crippen molar-refractivity contribution in [3.8, 4) is 17.2 Å². The van der Waals surface area contributed by atoms with Gasteiger partial charge in [0, 0.05) is 11.1 Å². The summed E-state index contributed by atoms with van der Waals surface area (Å²) in [6.45, 7) is 7.85. The Kier molecular flexibility index (Phi) is 7.23. The first-order chi connectivity index (χ1) is 14.8. The van der Waals surface area contributed by atoms with E-state index in [1.807, 2.05) is 27.7 Å². The van der Waals surface area contributed by atoms with Crippen molar-refractivity contribution in [1.29, 1.82) is 0 Å². The van der Waals surface area contributed by atoms with Crippen LogP contribution in [0.4, 0.5) is 0 Å². The van der Waals surface area contributed by atoms with Gasteiger partial charge >= 0.3 is 5.97 Å². The first-order valence-electron chi connectivity index (χ1n) is 10.2. The summed E-state index contributed by atoms with van der Waals surface area (Å²) < 4.78 is 22.3. The number of fused-ring (bicyclic) bond motifs is 1. The van der Waals surface area contributed by atoms with Crippen molar-refractivity contribution in [3.63, 3.8) is 0 Å². The summed E-state index contributed by atoms with van der Waals surface area (Å²) in [4.78, 5) is 25.0. The lowest BCUT2D eigenvalue weighted by molar-refractivity contribution is -0.152. The zero-order valence-electron chi connectivity index (χ0n) is 18.0. The van der Waals surface area contributed by atoms with E-state index >= 15 is 0 Å². The number of carbonyl (C=O) groups is 1. The zero-order valence-corrected chi connectivity index (χ0v) is 18.7. The molecular weight excluding hydrogens is 420 g/mol. The molecule has 0 saturated heterocycles. The van der Waals surface area contributed by atoms with E-state index in [9.17, 15) is 9.59 Å². The minimum Gasteiger partial charge on any atom is -0.479 e. The van der Waals surface area contributed by atoms with E-state index in [1.165, 1.54) is 6.26 Å². The molecule has 0 aliphatic heterocycles. The molecule has 31 heavy (non-hydrogen) atoms. The van der Waals surface area contributed by atoms with Crippen LogP contribution in [0.15, 0.2) is 45.8 Å². The summed E-state index contributed by atoms with van der Waals surface area (Å²) in [6.07, 6.45) is 1.73. The number of benzene rings is 2. The first-order valence-corrected chi connectivity index (χ1v) is 10.5. The zero-order chi connectivity index (χ0) is 22.5. The fourth-order valence-corrected chi connectivity index (χ4v) is 3.19. The Morgan fingerprint density at radius 1 is 1.10 bits per heavy atom. The Bertz CT molecular complexity index is 1130. The maximum Gasteiger partial charge on any atom is 0.347 e. The summed E-state index contributed by atoms with van der Waals surface area (Å²) in [5, 5.41) is 1.00. The Balaban J connectivity index is 1.84. The van der Waals surface area contributed by atoms with Crippen LogP contribution >= 0.6 is 11.6 Å². The highest BCUT2D eigenvalue weighted by atomic mass is 35.5. The molecule has 1 atom stereocenters. The predicted octanol–water partition coefficient (Wildman–Crippen LogP) is 5.97. The quantitative estimate of drug-likeness (QED) is 0.398. The van der Waals surface area contributed by atoms with Gasteiger partial charge in [-0.15, -0.1) is 0 Å². The van der Waals surface area contributed by atoms with E-state index in [0.29, 0.717) is 40.5 Å². The van der Waals surface area contributed by atoms with Crippen LogP contribution in [-0.2, 0) is 9.53 Å². The molecule has 3 rings (SSSR count). The summed E-state index contributed by atoms with van der Waals surface area (Å²) in [5.74, 6) is 0.566. The van der Waals surface area contributed by atoms with Gasteiger partial charge in [0.2, 0.25) is 11.2 Å². The van der Waals surface area contributed by atoms with E-state index in [0.717, 1.165) is 17.5 Å². The van der Waals surface area contributed by atoms with Crippen LogP contribution < -0.4 is 14.9 Å². The lowest BCUT2D eigenvalue weighted by Crippen LogP contribution is -2.28. The average Bonchev–Trinajstić information content (AvgIpc) is 2.76. The SMILES string of the molecule is CCCOC(=O)[C@H](CC)Oc1ccc2c(=O)c(Oc3cc(C)c(Cl)c(C)c3)coc2c1. The monoisotopic (exact) mass is 444 g/mol. The van der Waals surface area contributed by atoms with E-state index in [4.69, 9.17) is 30.2 Å². The second-order valence-electron chi connectivity index (χ2n) is 7.24. The molecule has 7 heteroatoms. The molecule has 0 saturated carbocycles. The summed E-state index contributed by atoms with van der Waals surface area (Å²) >= 11 is 6.19. The van der Waals surface area contributed by atoms with Crippen LogP contribution in [0.3, 0.4) is 0 Å². The lowest BCUT2D eigenvalue weighted by atomic mass is 10.1. The smallest absolute Gasteiger partial charge is 0.347 e. The van der Waals surface area contributed by atoms with Crippen LogP contribution in [0.2, 0.25) is 5.02 Å². The molecule has 0 bridgehead atoms. The van der Waals surface area contributed by atoms with Gasteiger partial charge in [0.1, 0.15) is 23.3 Å². The molecule has 0 unspecified atom stereocenters. The minimum atomic E-state index is -0.727. The van der Waals surface area contributed by atoms with Gasteiger partial charge in [-0.25, -0.2) is 4.79 Å². The molecule has 1 aromatic heterocycles. The van der Waals surface area contributed by atoms with E-state index in [2.05, 4.69) is 0 Å². The number of hydrogen-bond donors (Lipinski definition) is 0. The maximum absolute atomic E-state index is 12.9. The minimum absolute atomic E-state index is 0.0665. The van der Waals surface area contributed by atoms with Crippen molar-refractivity contribution in [3.05, 3.63) is 63.0 Å². The Morgan fingerprint density at radius 3 is 2.45 bits per heavy atom. The molecule has 1 heterocycles. The number of esters is 1. The van der Waals surface area contributed by atoms with Gasteiger partial charge in [0.25, 0.3) is 0 Å². The average molecular weight is 445 g/mol. The molecule has 6 nitrogen and oxygen atoms in total. The number of rotatable bonds is 8. The molecule has 0 fully saturated rings. The molecule has 0 spiro atoms. The van der Waals surface area contributed by atoms with Crippen LogP contribution in [0, 0.1) is 13.8 Å². The van der Waals surface area contributed by atoms with Gasteiger partial charge in [-0.3, -0.25) is 4.79 Å². The van der Waals surface area contributed by atoms with E-state index < -0.39 is 12.1 Å². The fourth-order valence-electron chi connectivity index (χ4n) is 3.08. The van der Waals surface area contributed by atoms with Gasteiger partial charge in [0.05, 0.1) is 12.0 Å². The van der Waals surface area contributed by atoms with Gasteiger partial charge in [-0.05, 0) is 62.1 Å². The fraction of sp³-hybridized carbons (Fsp3) is 0.333. The van der Waals surface area contributed by atoms with Crippen LogP contribution in [0.5, 0.6) is 17.2 Å². The standard InChI is InChI=1S/C24H25ClO6/c1-5-9-28-24(27)19(6-2)30-16-7-8-18-20(12-16)29-13-21(23(18)26)31-17-10-14(3)22(25)15(4)11-17/h7-8,10-13,19H,5-6,9H2,1-4H3/t19-/m0/s1. The number of aryl methyl sites for hydroxylation is 2. The van der Waals surface area contributed by atoms with Crippen LogP contribution in [-0.4, -0.2) is 18.7 Å². The van der Waals surface area contributed by atoms with Crippen molar-refractivity contribution in [2.24, 2.45) is 0 Å². The Hall–Kier alpha value is -2.99. The second kappa shape index (κ2) is 9.88. The molecule has 2 aromatic carbocycles. The molecule has 0 radical (unpaired) electrons. The topological polar surface area (TPSA) is 75.0 Å². The van der Waals surface area contributed by atoms with E-state index in [-0.39, 0.29) is 11.2 Å². The Morgan fingerprint density at radius 2 is 1.81 bits per heavy atom. The molecule has 3 aromatic rings. The van der Waals surface area contributed by atoms with Crippen molar-refractivity contribution < 1.29 is 23.4 Å². The highest BCUT2D eigenvalue weighted by Gasteiger charge is 2.20. The number of carbonyl (C=O) groups excluding carboxylic acids is 1. The third kappa shape index (κ3) is 5.20. The maximum atomic E-state index is 12.9. The van der Waals surface area contributed by atoms with Crippen molar-refractivity contribution in [2.75, 3.05) is 6.61 Å². The second-order valence-corrected chi connectivity index (χ2v) is 7.62. The highest BCUT2D eigenvalue weighted by Crippen LogP contribution is 2.29. The molecular formula is C24H25ClO6. The van der Waals surface area contributed by atoms with Gasteiger partial charge in [0.15, 0.2) is 6.10 Å². The third-order valence-electron chi connectivity index (χ3n) is 4.71. The van der Waals surface area contributed by atoms with Crippen molar-refractivity contribution in [1.82, 2.24) is 0 Å². The summed E-state index contributed by atoms with van der Waals surface area (Å²) in [7, 11) is 0. The van der Waals surface area contributed by atoms with E-state index in [1.54, 1.807) is 30.3 Å². The molecule has 0 N–H and O–H groups in total. The first kappa shape index (κ1) is 22.7. The third-order valence-corrected chi connectivity index (χ3v) is 5.31. The van der Waals surface area contributed by atoms with Crippen LogP contribution in [0.1, 0.15) is 37.8 Å². The summed E-state index contributed by atoms with van der Waals surface area (Å²) in [6, 6.07) is 8.31. The van der Waals surface area contributed by atoms with Gasteiger partial charge in [-0.1, -0.05) is 25.4 Å². The summed E-state index contributed by atoms with van der Waals surface area (Å²) in [5.41, 5.74) is 1.72.